The molecule has 0 spiro atoms. The fourth-order valence-electron chi connectivity index (χ4n) is 3.82. The van der Waals surface area contributed by atoms with Gasteiger partial charge in [0.15, 0.2) is 0 Å². The van der Waals surface area contributed by atoms with Gasteiger partial charge in [0.25, 0.3) is 0 Å². The van der Waals surface area contributed by atoms with Crippen molar-refractivity contribution in [3.05, 3.63) is 28.2 Å². The maximum absolute atomic E-state index is 11.8. The topological polar surface area (TPSA) is 43.8 Å². The molecule has 2 aliphatic rings. The molecule has 0 bridgehead atoms. The number of rotatable bonds is 1. The largest absolute Gasteiger partial charge is 0.481 e. The van der Waals surface area contributed by atoms with Crippen molar-refractivity contribution in [2.75, 3.05) is 32.1 Å². The Morgan fingerprint density at radius 2 is 2.15 bits per heavy atom. The molecule has 0 aliphatic carbocycles. The molecule has 1 fully saturated rings. The van der Waals surface area contributed by atoms with Gasteiger partial charge in [-0.1, -0.05) is 12.1 Å². The van der Waals surface area contributed by atoms with Crippen molar-refractivity contribution in [1.29, 1.82) is 0 Å². The van der Waals surface area contributed by atoms with Crippen LogP contribution < -0.4 is 4.90 Å². The number of likely N-dealkylation sites (tertiary alicyclic amines) is 1. The van der Waals surface area contributed by atoms with Crippen LogP contribution in [-0.4, -0.2) is 49.2 Å². The standard InChI is InChI=1S/C15H19BrN2O2/c1-17-7-6-12-10(8-17)13(15(19)20)9-4-3-5-11(16)14(9)18(12)2/h3-5,10,12-13H,6-8H2,1-2H3,(H,19,20). The highest BCUT2D eigenvalue weighted by Crippen LogP contribution is 2.47. The maximum atomic E-state index is 11.8. The highest BCUT2D eigenvalue weighted by Gasteiger charge is 2.45. The molecule has 108 valence electrons. The van der Waals surface area contributed by atoms with Crippen LogP contribution in [0.5, 0.6) is 0 Å². The zero-order valence-electron chi connectivity index (χ0n) is 11.7. The van der Waals surface area contributed by atoms with Crippen LogP contribution >= 0.6 is 15.9 Å². The van der Waals surface area contributed by atoms with Crippen LogP contribution in [0.2, 0.25) is 0 Å². The molecule has 1 aromatic rings. The molecule has 1 aromatic carbocycles. The Balaban J connectivity index is 2.14. The van der Waals surface area contributed by atoms with E-state index in [9.17, 15) is 9.90 Å². The zero-order chi connectivity index (χ0) is 14.4. The molecule has 0 saturated carbocycles. The van der Waals surface area contributed by atoms with Gasteiger partial charge in [0, 0.05) is 30.0 Å². The summed E-state index contributed by atoms with van der Waals surface area (Å²) in [4.78, 5) is 16.4. The molecular formula is C15H19BrN2O2. The van der Waals surface area contributed by atoms with Gasteiger partial charge < -0.3 is 14.9 Å². The molecule has 0 aromatic heterocycles. The SMILES string of the molecule is CN1CCC2C(C1)C(C(=O)O)c1cccc(Br)c1N2C. The summed E-state index contributed by atoms with van der Waals surface area (Å²) < 4.78 is 0.987. The highest BCUT2D eigenvalue weighted by atomic mass is 79.9. The molecule has 3 rings (SSSR count). The molecule has 3 atom stereocenters. The van der Waals surface area contributed by atoms with Crippen molar-refractivity contribution >= 4 is 27.6 Å². The number of aliphatic carboxylic acids is 1. The number of nitrogens with zero attached hydrogens (tertiary/aromatic N) is 2. The van der Waals surface area contributed by atoms with Gasteiger partial charge in [0.2, 0.25) is 0 Å². The lowest BCUT2D eigenvalue weighted by Gasteiger charge is -2.49. The number of halogens is 1. The van der Waals surface area contributed by atoms with Gasteiger partial charge in [-0.05, 0) is 47.6 Å². The Morgan fingerprint density at radius 1 is 1.40 bits per heavy atom. The normalized spacial score (nSPS) is 29.8. The number of hydrogen-bond acceptors (Lipinski definition) is 3. The molecule has 1 saturated heterocycles. The Hall–Kier alpha value is -1.07. The number of carboxylic acid groups (broad SMARTS) is 1. The highest BCUT2D eigenvalue weighted by molar-refractivity contribution is 9.10. The van der Waals surface area contributed by atoms with Crippen LogP contribution in [-0.2, 0) is 4.79 Å². The number of piperidine rings is 1. The van der Waals surface area contributed by atoms with Crippen LogP contribution in [0.1, 0.15) is 17.9 Å². The number of para-hydroxylation sites is 1. The van der Waals surface area contributed by atoms with Gasteiger partial charge in [0.05, 0.1) is 11.6 Å². The number of anilines is 1. The van der Waals surface area contributed by atoms with Crippen molar-refractivity contribution in [2.45, 2.75) is 18.4 Å². The average molecular weight is 339 g/mol. The van der Waals surface area contributed by atoms with Crippen molar-refractivity contribution in [2.24, 2.45) is 5.92 Å². The molecule has 0 amide bonds. The van der Waals surface area contributed by atoms with E-state index in [-0.39, 0.29) is 5.92 Å². The summed E-state index contributed by atoms with van der Waals surface area (Å²) >= 11 is 3.58. The van der Waals surface area contributed by atoms with Gasteiger partial charge in [-0.3, -0.25) is 4.79 Å². The van der Waals surface area contributed by atoms with Crippen LogP contribution in [0.3, 0.4) is 0 Å². The smallest absolute Gasteiger partial charge is 0.311 e. The second-order valence-corrected chi connectivity index (χ2v) is 6.74. The first-order valence-electron chi connectivity index (χ1n) is 6.93. The number of carbonyl (C=O) groups is 1. The summed E-state index contributed by atoms with van der Waals surface area (Å²) in [5.41, 5.74) is 1.98. The van der Waals surface area contributed by atoms with E-state index < -0.39 is 11.9 Å². The molecule has 20 heavy (non-hydrogen) atoms. The first kappa shape index (κ1) is 13.9. The van der Waals surface area contributed by atoms with Crippen LogP contribution in [0, 0.1) is 5.92 Å². The Bertz CT molecular complexity index is 549. The lowest BCUT2D eigenvalue weighted by molar-refractivity contribution is -0.141. The van der Waals surface area contributed by atoms with E-state index in [1.807, 2.05) is 18.2 Å². The van der Waals surface area contributed by atoms with E-state index >= 15 is 0 Å². The molecule has 0 radical (unpaired) electrons. The maximum Gasteiger partial charge on any atom is 0.311 e. The first-order valence-corrected chi connectivity index (χ1v) is 7.72. The lowest BCUT2D eigenvalue weighted by Crippen LogP contribution is -2.55. The number of carboxylic acids is 1. The minimum absolute atomic E-state index is 0.151. The van der Waals surface area contributed by atoms with Crippen molar-refractivity contribution < 1.29 is 9.90 Å². The van der Waals surface area contributed by atoms with Gasteiger partial charge in [-0.15, -0.1) is 0 Å². The fourth-order valence-corrected chi connectivity index (χ4v) is 4.48. The van der Waals surface area contributed by atoms with E-state index in [1.165, 1.54) is 0 Å². The summed E-state index contributed by atoms with van der Waals surface area (Å²) in [6.07, 6.45) is 1.02. The molecule has 2 aliphatic heterocycles. The Labute approximate surface area is 127 Å². The van der Waals surface area contributed by atoms with Crippen LogP contribution in [0.4, 0.5) is 5.69 Å². The predicted molar refractivity (Wildman–Crippen MR) is 82.3 cm³/mol. The molecule has 5 heteroatoms. The van der Waals surface area contributed by atoms with E-state index in [0.717, 1.165) is 35.2 Å². The Morgan fingerprint density at radius 3 is 2.85 bits per heavy atom. The minimum Gasteiger partial charge on any atom is -0.481 e. The van der Waals surface area contributed by atoms with Gasteiger partial charge in [0.1, 0.15) is 0 Å². The molecule has 2 heterocycles. The Kier molecular flexibility index (Phi) is 3.50. The third-order valence-electron chi connectivity index (χ3n) is 4.72. The first-order chi connectivity index (χ1) is 9.50. The van der Waals surface area contributed by atoms with Crippen molar-refractivity contribution in [1.82, 2.24) is 4.90 Å². The number of hydrogen-bond donors (Lipinski definition) is 1. The summed E-state index contributed by atoms with van der Waals surface area (Å²) in [6, 6.07) is 6.18. The zero-order valence-corrected chi connectivity index (χ0v) is 13.3. The molecular weight excluding hydrogens is 320 g/mol. The van der Waals surface area contributed by atoms with Gasteiger partial charge in [-0.25, -0.2) is 0 Å². The van der Waals surface area contributed by atoms with Gasteiger partial charge >= 0.3 is 5.97 Å². The predicted octanol–water partition coefficient (Wildman–Crippen LogP) is 2.39. The van der Waals surface area contributed by atoms with Crippen LogP contribution in [0.15, 0.2) is 22.7 Å². The van der Waals surface area contributed by atoms with Gasteiger partial charge in [-0.2, -0.15) is 0 Å². The van der Waals surface area contributed by atoms with E-state index in [1.54, 1.807) is 0 Å². The van der Waals surface area contributed by atoms with E-state index in [2.05, 4.69) is 39.8 Å². The molecule has 3 unspecified atom stereocenters. The summed E-state index contributed by atoms with van der Waals surface area (Å²) in [5, 5.41) is 9.74. The average Bonchev–Trinajstić information content (AvgIpc) is 2.38. The van der Waals surface area contributed by atoms with Crippen molar-refractivity contribution in [3.8, 4) is 0 Å². The second-order valence-electron chi connectivity index (χ2n) is 5.89. The summed E-state index contributed by atoms with van der Waals surface area (Å²) in [7, 11) is 4.16. The summed E-state index contributed by atoms with van der Waals surface area (Å²) in [6.45, 7) is 1.87. The molecule has 4 nitrogen and oxygen atoms in total. The van der Waals surface area contributed by atoms with E-state index in [4.69, 9.17) is 0 Å². The summed E-state index contributed by atoms with van der Waals surface area (Å²) in [5.74, 6) is -0.966. The number of fused-ring (bicyclic) bond motifs is 2. The molecule has 1 N–H and O–H groups in total. The van der Waals surface area contributed by atoms with Crippen molar-refractivity contribution in [3.63, 3.8) is 0 Å². The lowest BCUT2D eigenvalue weighted by atomic mass is 9.73. The van der Waals surface area contributed by atoms with Crippen LogP contribution in [0.25, 0.3) is 0 Å². The number of benzene rings is 1. The second kappa shape index (κ2) is 5.04. The third-order valence-corrected chi connectivity index (χ3v) is 5.36. The van der Waals surface area contributed by atoms with E-state index in [0.29, 0.717) is 6.04 Å². The fraction of sp³-hybridized carbons (Fsp3) is 0.533. The third kappa shape index (κ3) is 2.04. The minimum atomic E-state index is -0.706. The quantitative estimate of drug-likeness (QED) is 0.853. The monoisotopic (exact) mass is 338 g/mol.